The number of aryl methyl sites for hydroxylation is 1. The van der Waals surface area contributed by atoms with Crippen LogP contribution >= 0.6 is 0 Å². The third-order valence-electron chi connectivity index (χ3n) is 6.50. The van der Waals surface area contributed by atoms with Crippen LogP contribution in [0.15, 0.2) is 64.2 Å². The molecule has 5 rings (SSSR count). The predicted octanol–water partition coefficient (Wildman–Crippen LogP) is 3.47. The van der Waals surface area contributed by atoms with Crippen LogP contribution in [0.4, 0.5) is 5.69 Å². The van der Waals surface area contributed by atoms with Gasteiger partial charge in [0.15, 0.2) is 0 Å². The zero-order valence-electron chi connectivity index (χ0n) is 19.3. The van der Waals surface area contributed by atoms with Gasteiger partial charge in [-0.15, -0.1) is 0 Å². The van der Waals surface area contributed by atoms with Crippen molar-refractivity contribution in [2.24, 2.45) is 14.1 Å². The van der Waals surface area contributed by atoms with Gasteiger partial charge in [0.2, 0.25) is 0 Å². The summed E-state index contributed by atoms with van der Waals surface area (Å²) in [5.74, 6) is 0. The second-order valence-electron chi connectivity index (χ2n) is 9.22. The fourth-order valence-electron chi connectivity index (χ4n) is 4.92. The van der Waals surface area contributed by atoms with Gasteiger partial charge in [-0.05, 0) is 25.0 Å². The maximum absolute atomic E-state index is 13.5. The van der Waals surface area contributed by atoms with Crippen molar-refractivity contribution in [3.05, 3.63) is 96.8 Å². The number of nitrogens with zero attached hydrogens (tertiary/aromatic N) is 4. The Morgan fingerprint density at radius 2 is 1.74 bits per heavy atom. The van der Waals surface area contributed by atoms with Crippen LogP contribution in [0, 0.1) is 10.1 Å². The molecule has 2 aromatic carbocycles. The average Bonchev–Trinajstić information content (AvgIpc) is 3.20. The van der Waals surface area contributed by atoms with Crippen LogP contribution in [0.5, 0.6) is 0 Å². The molecule has 0 bridgehead atoms. The number of fused-ring (bicyclic) bond motifs is 3. The van der Waals surface area contributed by atoms with E-state index in [1.807, 2.05) is 44.2 Å². The molecule has 174 valence electrons. The second kappa shape index (κ2) is 7.53. The Balaban J connectivity index is 1.98. The van der Waals surface area contributed by atoms with Crippen molar-refractivity contribution in [2.45, 2.75) is 25.5 Å². The van der Waals surface area contributed by atoms with Gasteiger partial charge in [-0.3, -0.25) is 24.0 Å². The van der Waals surface area contributed by atoms with Crippen LogP contribution in [0.2, 0.25) is 0 Å². The highest BCUT2D eigenvalue weighted by molar-refractivity contribution is 5.96. The minimum Gasteiger partial charge on any atom is -0.365 e. The summed E-state index contributed by atoms with van der Waals surface area (Å²) in [6.45, 7) is 4.32. The van der Waals surface area contributed by atoms with E-state index >= 15 is 0 Å². The molecule has 34 heavy (non-hydrogen) atoms. The monoisotopic (exact) mass is 460 g/mol. The number of nitro benzene ring substituents is 1. The summed E-state index contributed by atoms with van der Waals surface area (Å²) >= 11 is 0. The number of rotatable bonds is 3. The highest BCUT2D eigenvalue weighted by Gasteiger charge is 2.40. The lowest BCUT2D eigenvalue weighted by Crippen LogP contribution is -2.40. The molecule has 0 fully saturated rings. The van der Waals surface area contributed by atoms with Gasteiger partial charge in [-0.1, -0.05) is 42.5 Å². The molecule has 0 saturated heterocycles. The molecule has 1 atom stereocenters. The van der Waals surface area contributed by atoms with Crippen LogP contribution in [0.1, 0.15) is 31.2 Å². The van der Waals surface area contributed by atoms with E-state index in [0.717, 1.165) is 10.1 Å². The Labute approximate surface area is 194 Å². The average molecular weight is 460 g/mol. The number of hydrogen-bond acceptors (Lipinski definition) is 5. The summed E-state index contributed by atoms with van der Waals surface area (Å²) in [6, 6.07) is 15.8. The lowest BCUT2D eigenvalue weighted by Gasteiger charge is -2.39. The van der Waals surface area contributed by atoms with E-state index in [1.54, 1.807) is 19.2 Å². The lowest BCUT2D eigenvalue weighted by atomic mass is 9.97. The van der Waals surface area contributed by atoms with Crippen molar-refractivity contribution in [2.75, 3.05) is 6.61 Å². The zero-order valence-corrected chi connectivity index (χ0v) is 19.3. The fraction of sp³-hybridized carbons (Fsp3) is 0.280. The number of hydrogen-bond donors (Lipinski definition) is 0. The highest BCUT2D eigenvalue weighted by Crippen LogP contribution is 2.45. The molecule has 0 saturated carbocycles. The van der Waals surface area contributed by atoms with Crippen molar-refractivity contribution in [1.82, 2.24) is 13.7 Å². The minimum atomic E-state index is -0.703. The van der Waals surface area contributed by atoms with E-state index in [1.165, 1.54) is 23.7 Å². The fourth-order valence-corrected chi connectivity index (χ4v) is 4.92. The summed E-state index contributed by atoms with van der Waals surface area (Å²) in [6.07, 6.45) is -0.703. The lowest BCUT2D eigenvalue weighted by molar-refractivity contribution is -0.385. The second-order valence-corrected chi connectivity index (χ2v) is 9.22. The van der Waals surface area contributed by atoms with E-state index in [-0.39, 0.29) is 5.69 Å². The standard InChI is InChI=1S/C25H24N4O5/c1-25(2)14-34-22(16-11-8-12-17(13-16)29(32)33)21-20-18(23(30)27(4)24(31)26(20)3)19(28(21)25)15-9-6-5-7-10-15/h5-13,22H,14H2,1-4H3. The molecule has 1 unspecified atom stereocenters. The molecule has 9 nitrogen and oxygen atoms in total. The first-order valence-electron chi connectivity index (χ1n) is 10.9. The van der Waals surface area contributed by atoms with Crippen molar-refractivity contribution >= 4 is 16.6 Å². The molecule has 4 aromatic rings. The number of benzene rings is 2. The van der Waals surface area contributed by atoms with Crippen LogP contribution in [-0.2, 0) is 24.4 Å². The first kappa shape index (κ1) is 21.8. The van der Waals surface area contributed by atoms with Crippen LogP contribution in [0.25, 0.3) is 22.2 Å². The molecular weight excluding hydrogens is 436 g/mol. The predicted molar refractivity (Wildman–Crippen MR) is 128 cm³/mol. The Morgan fingerprint density at radius 1 is 1.03 bits per heavy atom. The van der Waals surface area contributed by atoms with Crippen LogP contribution < -0.4 is 11.2 Å². The Bertz CT molecular complexity index is 1580. The third kappa shape index (κ3) is 3.04. The number of non-ortho nitro benzene ring substituents is 1. The zero-order chi connectivity index (χ0) is 24.4. The molecule has 0 aliphatic carbocycles. The van der Waals surface area contributed by atoms with Crippen molar-refractivity contribution in [1.29, 1.82) is 0 Å². The minimum absolute atomic E-state index is 0.0542. The molecular formula is C25H24N4O5. The molecule has 0 amide bonds. The number of ether oxygens (including phenoxy) is 1. The van der Waals surface area contributed by atoms with E-state index in [2.05, 4.69) is 4.57 Å². The first-order chi connectivity index (χ1) is 16.1. The van der Waals surface area contributed by atoms with Gasteiger partial charge in [0, 0.05) is 26.2 Å². The number of aromatic nitrogens is 3. The molecule has 9 heteroatoms. The van der Waals surface area contributed by atoms with E-state index in [0.29, 0.717) is 34.5 Å². The maximum atomic E-state index is 13.5. The summed E-state index contributed by atoms with van der Waals surface area (Å²) < 4.78 is 10.9. The Kier molecular flexibility index (Phi) is 4.84. The topological polar surface area (TPSA) is 101 Å². The van der Waals surface area contributed by atoms with Gasteiger partial charge in [-0.2, -0.15) is 0 Å². The van der Waals surface area contributed by atoms with Gasteiger partial charge >= 0.3 is 5.69 Å². The Hall–Kier alpha value is -3.98. The normalized spacial score (nSPS) is 17.0. The van der Waals surface area contributed by atoms with Gasteiger partial charge < -0.3 is 9.30 Å². The summed E-state index contributed by atoms with van der Waals surface area (Å²) in [5.41, 5.74) is 1.75. The first-order valence-corrected chi connectivity index (χ1v) is 10.9. The number of nitro groups is 1. The summed E-state index contributed by atoms with van der Waals surface area (Å²) in [4.78, 5) is 37.5. The van der Waals surface area contributed by atoms with Gasteiger partial charge in [-0.25, -0.2) is 4.79 Å². The maximum Gasteiger partial charge on any atom is 0.331 e. The molecule has 1 aliphatic heterocycles. The summed E-state index contributed by atoms with van der Waals surface area (Å²) in [7, 11) is 3.10. The van der Waals surface area contributed by atoms with E-state index in [4.69, 9.17) is 4.74 Å². The Morgan fingerprint density at radius 3 is 2.41 bits per heavy atom. The quantitative estimate of drug-likeness (QED) is 0.344. The molecule has 0 spiro atoms. The van der Waals surface area contributed by atoms with Crippen molar-refractivity contribution < 1.29 is 9.66 Å². The van der Waals surface area contributed by atoms with E-state index in [9.17, 15) is 19.7 Å². The molecule has 3 heterocycles. The van der Waals surface area contributed by atoms with Gasteiger partial charge in [0.05, 0.1) is 39.4 Å². The van der Waals surface area contributed by atoms with Crippen molar-refractivity contribution in [3.63, 3.8) is 0 Å². The molecule has 1 aliphatic rings. The van der Waals surface area contributed by atoms with Crippen LogP contribution in [0.3, 0.4) is 0 Å². The van der Waals surface area contributed by atoms with Gasteiger partial charge in [0.25, 0.3) is 11.2 Å². The largest absolute Gasteiger partial charge is 0.365 e. The van der Waals surface area contributed by atoms with Crippen molar-refractivity contribution in [3.8, 4) is 11.3 Å². The molecule has 0 N–H and O–H groups in total. The van der Waals surface area contributed by atoms with E-state index < -0.39 is 27.8 Å². The molecule has 2 aromatic heterocycles. The highest BCUT2D eigenvalue weighted by atomic mass is 16.6. The SMILES string of the molecule is Cn1c(=O)c2c(-c3ccccc3)n3c(c2n(C)c1=O)C(c1cccc([N+](=O)[O-])c1)OCC3(C)C. The van der Waals surface area contributed by atoms with Crippen LogP contribution in [-0.4, -0.2) is 25.2 Å². The molecule has 0 radical (unpaired) electrons. The summed E-state index contributed by atoms with van der Waals surface area (Å²) in [5, 5.41) is 11.9. The third-order valence-corrected chi connectivity index (χ3v) is 6.50. The smallest absolute Gasteiger partial charge is 0.331 e. The van der Waals surface area contributed by atoms with Gasteiger partial charge in [0.1, 0.15) is 6.10 Å².